The van der Waals surface area contributed by atoms with Crippen molar-refractivity contribution in [1.82, 2.24) is 0 Å². The standard InChI is InChI=1S/C22H38O6/c1-8-25-16-12-15-22(17(23)27-19(2,3)4,18(24)28-20(5,6)7)21(26-16)13-10-9-11-14-21/h16H,8-15H2,1-7H3. The molecule has 1 spiro atoms. The summed E-state index contributed by atoms with van der Waals surface area (Å²) in [4.78, 5) is 27.1. The molecular weight excluding hydrogens is 360 g/mol. The smallest absolute Gasteiger partial charge is 0.327 e. The Morgan fingerprint density at radius 3 is 1.82 bits per heavy atom. The molecule has 0 amide bonds. The van der Waals surface area contributed by atoms with E-state index in [1.807, 2.05) is 48.5 Å². The second-order valence-electron chi connectivity index (χ2n) is 10.0. The van der Waals surface area contributed by atoms with Crippen molar-refractivity contribution in [1.29, 1.82) is 0 Å². The Balaban J connectivity index is 2.52. The molecule has 0 aromatic carbocycles. The molecule has 2 fully saturated rings. The normalized spacial score (nSPS) is 24.6. The van der Waals surface area contributed by atoms with Crippen LogP contribution in [-0.4, -0.2) is 41.6 Å². The summed E-state index contributed by atoms with van der Waals surface area (Å²) in [6, 6.07) is 0. The van der Waals surface area contributed by atoms with Crippen molar-refractivity contribution in [3.05, 3.63) is 0 Å². The minimum atomic E-state index is -1.47. The van der Waals surface area contributed by atoms with E-state index in [2.05, 4.69) is 0 Å². The summed E-state index contributed by atoms with van der Waals surface area (Å²) >= 11 is 0. The molecule has 0 radical (unpaired) electrons. The minimum Gasteiger partial charge on any atom is -0.459 e. The summed E-state index contributed by atoms with van der Waals surface area (Å²) in [5.41, 5.74) is -3.84. The average molecular weight is 399 g/mol. The Labute approximate surface area is 169 Å². The molecule has 0 bridgehead atoms. The van der Waals surface area contributed by atoms with Gasteiger partial charge in [0, 0.05) is 13.0 Å². The maximum atomic E-state index is 13.6. The first-order valence-corrected chi connectivity index (χ1v) is 10.6. The number of hydrogen-bond donors (Lipinski definition) is 0. The van der Waals surface area contributed by atoms with Gasteiger partial charge in [-0.3, -0.25) is 9.59 Å². The van der Waals surface area contributed by atoms with Crippen LogP contribution in [-0.2, 0) is 28.5 Å². The lowest BCUT2D eigenvalue weighted by Crippen LogP contribution is -2.66. The number of hydrogen-bond acceptors (Lipinski definition) is 6. The maximum absolute atomic E-state index is 13.6. The van der Waals surface area contributed by atoms with E-state index in [4.69, 9.17) is 18.9 Å². The molecule has 0 aromatic rings. The van der Waals surface area contributed by atoms with Gasteiger partial charge in [0.25, 0.3) is 0 Å². The van der Waals surface area contributed by atoms with Gasteiger partial charge in [-0.1, -0.05) is 19.3 Å². The Morgan fingerprint density at radius 1 is 0.893 bits per heavy atom. The van der Waals surface area contributed by atoms with E-state index < -0.39 is 40.4 Å². The second-order valence-corrected chi connectivity index (χ2v) is 10.0. The molecular formula is C22H38O6. The third kappa shape index (κ3) is 4.88. The molecule has 6 nitrogen and oxygen atoms in total. The summed E-state index contributed by atoms with van der Waals surface area (Å²) in [6.45, 7) is 13.3. The Kier molecular flexibility index (Phi) is 6.87. The summed E-state index contributed by atoms with van der Waals surface area (Å²) in [6.07, 6.45) is 4.43. The highest BCUT2D eigenvalue weighted by Gasteiger charge is 2.68. The van der Waals surface area contributed by atoms with Crippen molar-refractivity contribution in [2.75, 3.05) is 6.61 Å². The van der Waals surface area contributed by atoms with Gasteiger partial charge < -0.3 is 18.9 Å². The van der Waals surface area contributed by atoms with Crippen LogP contribution in [0, 0.1) is 5.41 Å². The zero-order valence-corrected chi connectivity index (χ0v) is 18.7. The topological polar surface area (TPSA) is 71.1 Å². The van der Waals surface area contributed by atoms with Crippen LogP contribution in [0.3, 0.4) is 0 Å². The zero-order valence-electron chi connectivity index (χ0n) is 18.7. The lowest BCUT2D eigenvalue weighted by molar-refractivity contribution is -0.291. The van der Waals surface area contributed by atoms with Gasteiger partial charge in [-0.2, -0.15) is 0 Å². The van der Waals surface area contributed by atoms with Crippen LogP contribution in [0.1, 0.15) is 93.4 Å². The van der Waals surface area contributed by atoms with Crippen molar-refractivity contribution in [3.8, 4) is 0 Å². The van der Waals surface area contributed by atoms with Gasteiger partial charge in [0.05, 0.1) is 5.60 Å². The number of carbonyl (C=O) groups is 2. The van der Waals surface area contributed by atoms with E-state index >= 15 is 0 Å². The Morgan fingerprint density at radius 2 is 1.39 bits per heavy atom. The van der Waals surface area contributed by atoms with Crippen LogP contribution in [0.25, 0.3) is 0 Å². The van der Waals surface area contributed by atoms with Crippen molar-refractivity contribution < 1.29 is 28.5 Å². The molecule has 1 aliphatic heterocycles. The molecule has 1 atom stereocenters. The highest BCUT2D eigenvalue weighted by atomic mass is 16.7. The molecule has 1 saturated carbocycles. The first kappa shape index (κ1) is 23.1. The van der Waals surface area contributed by atoms with Crippen LogP contribution >= 0.6 is 0 Å². The predicted octanol–water partition coefficient (Wildman–Crippen LogP) is 4.53. The van der Waals surface area contributed by atoms with E-state index in [9.17, 15) is 9.59 Å². The highest BCUT2D eigenvalue weighted by Crippen LogP contribution is 2.54. The molecule has 2 rings (SSSR count). The van der Waals surface area contributed by atoms with Crippen LogP contribution in [0.15, 0.2) is 0 Å². The summed E-state index contributed by atoms with van der Waals surface area (Å²) in [5.74, 6) is -1.07. The molecule has 1 unspecified atom stereocenters. The molecule has 2 aliphatic rings. The maximum Gasteiger partial charge on any atom is 0.327 e. The summed E-state index contributed by atoms with van der Waals surface area (Å²) < 4.78 is 23.7. The SMILES string of the molecule is CCOC1CCC(C(=O)OC(C)(C)C)(C(=O)OC(C)(C)C)C2(CCCCC2)O1. The van der Waals surface area contributed by atoms with E-state index in [-0.39, 0.29) is 0 Å². The Hall–Kier alpha value is -1.14. The molecule has 1 heterocycles. The third-order valence-electron chi connectivity index (χ3n) is 5.40. The predicted molar refractivity (Wildman–Crippen MR) is 106 cm³/mol. The largest absolute Gasteiger partial charge is 0.459 e. The van der Waals surface area contributed by atoms with Gasteiger partial charge in [0.1, 0.15) is 11.2 Å². The molecule has 28 heavy (non-hydrogen) atoms. The lowest BCUT2D eigenvalue weighted by Gasteiger charge is -2.54. The molecule has 0 aromatic heterocycles. The zero-order chi connectivity index (χ0) is 21.2. The van der Waals surface area contributed by atoms with Crippen LogP contribution in [0.2, 0.25) is 0 Å². The number of ether oxygens (including phenoxy) is 4. The molecule has 1 aliphatic carbocycles. The van der Waals surface area contributed by atoms with E-state index in [1.54, 1.807) is 0 Å². The average Bonchev–Trinajstić information content (AvgIpc) is 2.52. The molecule has 162 valence electrons. The fourth-order valence-corrected chi connectivity index (χ4v) is 4.33. The number of rotatable bonds is 4. The molecule has 1 saturated heterocycles. The summed E-state index contributed by atoms with van der Waals surface area (Å²) in [5, 5.41) is 0. The Bertz CT molecular complexity index is 535. The fraction of sp³-hybridized carbons (Fsp3) is 0.909. The van der Waals surface area contributed by atoms with Crippen LogP contribution in [0.4, 0.5) is 0 Å². The van der Waals surface area contributed by atoms with Crippen molar-refractivity contribution >= 4 is 11.9 Å². The van der Waals surface area contributed by atoms with E-state index in [0.29, 0.717) is 32.3 Å². The van der Waals surface area contributed by atoms with Crippen molar-refractivity contribution in [3.63, 3.8) is 0 Å². The van der Waals surface area contributed by atoms with Gasteiger partial charge in [-0.05, 0) is 67.7 Å². The quantitative estimate of drug-likeness (QED) is 0.512. The van der Waals surface area contributed by atoms with Gasteiger partial charge in [0.2, 0.25) is 0 Å². The third-order valence-corrected chi connectivity index (χ3v) is 5.40. The van der Waals surface area contributed by atoms with Gasteiger partial charge >= 0.3 is 11.9 Å². The fourth-order valence-electron chi connectivity index (χ4n) is 4.33. The van der Waals surface area contributed by atoms with Crippen LogP contribution < -0.4 is 0 Å². The first-order valence-electron chi connectivity index (χ1n) is 10.6. The number of esters is 2. The molecule has 6 heteroatoms. The van der Waals surface area contributed by atoms with E-state index in [0.717, 1.165) is 19.3 Å². The van der Waals surface area contributed by atoms with E-state index in [1.165, 1.54) is 0 Å². The van der Waals surface area contributed by atoms with Crippen LogP contribution in [0.5, 0.6) is 0 Å². The summed E-state index contributed by atoms with van der Waals surface area (Å²) in [7, 11) is 0. The van der Waals surface area contributed by atoms with Crippen molar-refractivity contribution in [2.24, 2.45) is 5.41 Å². The first-order chi connectivity index (χ1) is 12.9. The van der Waals surface area contributed by atoms with Gasteiger partial charge in [-0.15, -0.1) is 0 Å². The monoisotopic (exact) mass is 398 g/mol. The second kappa shape index (κ2) is 8.31. The van der Waals surface area contributed by atoms with Gasteiger partial charge in [0.15, 0.2) is 11.7 Å². The minimum absolute atomic E-state index is 0.307. The molecule has 0 N–H and O–H groups in total. The van der Waals surface area contributed by atoms with Gasteiger partial charge in [-0.25, -0.2) is 0 Å². The highest BCUT2D eigenvalue weighted by molar-refractivity contribution is 6.02. The number of carbonyl (C=O) groups excluding carboxylic acids is 2. The van der Waals surface area contributed by atoms with Crippen molar-refractivity contribution in [2.45, 2.75) is 117 Å². The lowest BCUT2D eigenvalue weighted by atomic mass is 9.61.